The van der Waals surface area contributed by atoms with Crippen LogP contribution in [0.25, 0.3) is 0 Å². The number of aromatic nitrogens is 1. The maximum atomic E-state index is 8.68. The van der Waals surface area contributed by atoms with Crippen LogP contribution in [0.3, 0.4) is 0 Å². The summed E-state index contributed by atoms with van der Waals surface area (Å²) in [6.07, 6.45) is 5.78. The molecule has 3 rings (SSSR count). The molecule has 1 atom stereocenters. The predicted octanol–water partition coefficient (Wildman–Crippen LogP) is 0.750. The van der Waals surface area contributed by atoms with Crippen molar-refractivity contribution in [1.29, 1.82) is 0 Å². The van der Waals surface area contributed by atoms with E-state index in [4.69, 9.17) is 10.9 Å². The van der Waals surface area contributed by atoms with Crippen LogP contribution in [-0.2, 0) is 6.54 Å². The average Bonchev–Trinajstić information content (AvgIpc) is 3.26. The van der Waals surface area contributed by atoms with Crippen molar-refractivity contribution in [3.05, 3.63) is 29.6 Å². The molecule has 0 aromatic carbocycles. The van der Waals surface area contributed by atoms with Crippen LogP contribution >= 0.6 is 0 Å². The van der Waals surface area contributed by atoms with E-state index in [2.05, 4.69) is 20.4 Å². The molecule has 6 heteroatoms. The Kier molecular flexibility index (Phi) is 4.36. The maximum absolute atomic E-state index is 8.68. The second-order valence-corrected chi connectivity index (χ2v) is 6.05. The first-order valence-electron chi connectivity index (χ1n) is 7.64. The third-order valence-corrected chi connectivity index (χ3v) is 4.34. The first-order valence-corrected chi connectivity index (χ1v) is 7.64. The van der Waals surface area contributed by atoms with Crippen molar-refractivity contribution >= 4 is 5.84 Å². The number of nitrogens with zero attached hydrogens (tertiary/aromatic N) is 3. The molecule has 1 saturated heterocycles. The van der Waals surface area contributed by atoms with Crippen LogP contribution in [-0.4, -0.2) is 46.6 Å². The van der Waals surface area contributed by atoms with Crippen molar-refractivity contribution < 1.29 is 5.21 Å². The van der Waals surface area contributed by atoms with Gasteiger partial charge < -0.3 is 21.2 Å². The molecule has 0 amide bonds. The predicted molar refractivity (Wildman–Crippen MR) is 81.2 cm³/mol. The quantitative estimate of drug-likeness (QED) is 0.311. The fourth-order valence-electron chi connectivity index (χ4n) is 3.00. The smallest absolute Gasteiger partial charge is 0.188 e. The van der Waals surface area contributed by atoms with Gasteiger partial charge in [0.05, 0.1) is 0 Å². The summed E-state index contributed by atoms with van der Waals surface area (Å²) in [6.45, 7) is 4.34. The third kappa shape index (κ3) is 3.71. The Morgan fingerprint density at radius 1 is 1.48 bits per heavy atom. The molecule has 114 valence electrons. The first-order chi connectivity index (χ1) is 10.3. The van der Waals surface area contributed by atoms with Crippen molar-refractivity contribution in [2.45, 2.75) is 31.8 Å². The molecule has 0 bridgehead atoms. The highest BCUT2D eigenvalue weighted by molar-refractivity contribution is 5.95. The average molecular weight is 289 g/mol. The van der Waals surface area contributed by atoms with Gasteiger partial charge in [0, 0.05) is 25.3 Å². The molecule has 1 saturated carbocycles. The molecule has 0 radical (unpaired) electrons. The number of pyridine rings is 1. The Labute approximate surface area is 125 Å². The monoisotopic (exact) mass is 289 g/mol. The maximum Gasteiger partial charge on any atom is 0.188 e. The van der Waals surface area contributed by atoms with Gasteiger partial charge in [-0.05, 0) is 56.0 Å². The third-order valence-electron chi connectivity index (χ3n) is 4.34. The molecule has 21 heavy (non-hydrogen) atoms. The van der Waals surface area contributed by atoms with Gasteiger partial charge in [0.2, 0.25) is 0 Å². The number of nitrogens with two attached hydrogens (primary N) is 1. The minimum atomic E-state index is 0.0488. The van der Waals surface area contributed by atoms with Crippen molar-refractivity contribution in [2.24, 2.45) is 16.8 Å². The van der Waals surface area contributed by atoms with Gasteiger partial charge in [-0.15, -0.1) is 0 Å². The Morgan fingerprint density at radius 2 is 2.33 bits per heavy atom. The van der Waals surface area contributed by atoms with E-state index in [1.807, 2.05) is 12.1 Å². The van der Waals surface area contributed by atoms with Gasteiger partial charge in [0.15, 0.2) is 5.84 Å². The summed E-state index contributed by atoms with van der Waals surface area (Å²) >= 11 is 0. The lowest BCUT2D eigenvalue weighted by Crippen LogP contribution is -2.27. The Balaban J connectivity index is 1.45. The summed E-state index contributed by atoms with van der Waals surface area (Å²) in [6, 6.07) is 4.69. The highest BCUT2D eigenvalue weighted by Crippen LogP contribution is 2.31. The summed E-state index contributed by atoms with van der Waals surface area (Å²) in [4.78, 5) is 6.72. The molecule has 1 aromatic rings. The van der Waals surface area contributed by atoms with E-state index < -0.39 is 0 Å². The van der Waals surface area contributed by atoms with Crippen molar-refractivity contribution in [3.63, 3.8) is 0 Å². The molecule has 1 aliphatic heterocycles. The van der Waals surface area contributed by atoms with Gasteiger partial charge in [-0.25, -0.2) is 0 Å². The molecule has 0 spiro atoms. The van der Waals surface area contributed by atoms with Gasteiger partial charge >= 0.3 is 0 Å². The van der Waals surface area contributed by atoms with E-state index in [1.54, 1.807) is 6.20 Å². The molecule has 1 aromatic heterocycles. The van der Waals surface area contributed by atoms with Crippen LogP contribution in [0.5, 0.6) is 0 Å². The number of amidine groups is 1. The number of rotatable bonds is 6. The highest BCUT2D eigenvalue weighted by Gasteiger charge is 2.33. The zero-order valence-corrected chi connectivity index (χ0v) is 12.2. The van der Waals surface area contributed by atoms with Crippen LogP contribution < -0.4 is 11.1 Å². The molecular weight excluding hydrogens is 266 g/mol. The van der Waals surface area contributed by atoms with Crippen LogP contribution in [0.1, 0.15) is 30.5 Å². The summed E-state index contributed by atoms with van der Waals surface area (Å²) in [7, 11) is 0. The summed E-state index contributed by atoms with van der Waals surface area (Å²) in [5.74, 6) is 0.809. The zero-order valence-electron chi connectivity index (χ0n) is 12.2. The van der Waals surface area contributed by atoms with Crippen LogP contribution in [0.2, 0.25) is 0 Å². The van der Waals surface area contributed by atoms with E-state index in [0.717, 1.165) is 30.6 Å². The first kappa shape index (κ1) is 14.3. The number of hydrogen-bond donors (Lipinski definition) is 3. The number of likely N-dealkylation sites (tertiary alicyclic amines) is 1. The second-order valence-electron chi connectivity index (χ2n) is 6.05. The van der Waals surface area contributed by atoms with E-state index in [9.17, 15) is 0 Å². The van der Waals surface area contributed by atoms with Crippen molar-refractivity contribution in [2.75, 3.05) is 19.6 Å². The lowest BCUT2D eigenvalue weighted by molar-refractivity contribution is 0.312. The van der Waals surface area contributed by atoms with Gasteiger partial charge in [-0.3, -0.25) is 4.98 Å². The molecule has 2 aliphatic rings. The van der Waals surface area contributed by atoms with E-state index in [0.29, 0.717) is 5.69 Å². The Hall–Kier alpha value is -1.66. The van der Waals surface area contributed by atoms with E-state index >= 15 is 0 Å². The molecule has 2 heterocycles. The van der Waals surface area contributed by atoms with E-state index in [1.165, 1.54) is 32.4 Å². The number of nitrogens with one attached hydrogen (secondary N) is 1. The molecule has 6 nitrogen and oxygen atoms in total. The fourth-order valence-corrected chi connectivity index (χ4v) is 3.00. The molecule has 2 fully saturated rings. The van der Waals surface area contributed by atoms with Gasteiger partial charge in [-0.1, -0.05) is 5.16 Å². The van der Waals surface area contributed by atoms with Crippen LogP contribution in [0, 0.1) is 5.92 Å². The Morgan fingerprint density at radius 3 is 3.10 bits per heavy atom. The molecule has 1 aliphatic carbocycles. The minimum absolute atomic E-state index is 0.0488. The van der Waals surface area contributed by atoms with Gasteiger partial charge in [0.25, 0.3) is 0 Å². The normalized spacial score (nSPS) is 23.6. The highest BCUT2D eigenvalue weighted by atomic mass is 16.4. The Bertz CT molecular complexity index is 515. The zero-order chi connectivity index (χ0) is 14.7. The SMILES string of the molecule is NC(=NO)c1cc(CNCC2CCN(C3CC3)C2)ccn1. The largest absolute Gasteiger partial charge is 0.409 e. The minimum Gasteiger partial charge on any atom is -0.409 e. The standard InChI is InChI=1S/C15H23N5O/c16-15(19-21)14-7-11(3-5-18-14)8-17-9-12-4-6-20(10-12)13-1-2-13/h3,5,7,12-13,17,21H,1-2,4,6,8-10H2,(H2,16,19). The summed E-state index contributed by atoms with van der Waals surface area (Å²) in [5, 5.41) is 15.2. The molecule has 4 N–H and O–H groups in total. The lowest BCUT2D eigenvalue weighted by Gasteiger charge is -2.15. The summed E-state index contributed by atoms with van der Waals surface area (Å²) < 4.78 is 0. The summed E-state index contributed by atoms with van der Waals surface area (Å²) in [5.41, 5.74) is 7.16. The topological polar surface area (TPSA) is 86.8 Å². The van der Waals surface area contributed by atoms with E-state index in [-0.39, 0.29) is 5.84 Å². The van der Waals surface area contributed by atoms with Gasteiger partial charge in [0.1, 0.15) is 5.69 Å². The van der Waals surface area contributed by atoms with Crippen molar-refractivity contribution in [1.82, 2.24) is 15.2 Å². The number of oxime groups is 1. The van der Waals surface area contributed by atoms with Crippen LogP contribution in [0.4, 0.5) is 0 Å². The number of hydrogen-bond acceptors (Lipinski definition) is 5. The fraction of sp³-hybridized carbons (Fsp3) is 0.600. The van der Waals surface area contributed by atoms with Crippen molar-refractivity contribution in [3.8, 4) is 0 Å². The molecule has 1 unspecified atom stereocenters. The lowest BCUT2D eigenvalue weighted by atomic mass is 10.1. The van der Waals surface area contributed by atoms with Gasteiger partial charge in [-0.2, -0.15) is 0 Å². The van der Waals surface area contributed by atoms with Crippen LogP contribution in [0.15, 0.2) is 23.5 Å². The molecular formula is C15H23N5O. The second kappa shape index (κ2) is 6.41.